The highest BCUT2D eigenvalue weighted by molar-refractivity contribution is 6.54. The Balaban J connectivity index is 1.37. The second-order valence-corrected chi connectivity index (χ2v) is 17.0. The van der Waals surface area contributed by atoms with Crippen LogP contribution in [0.4, 0.5) is 0 Å². The van der Waals surface area contributed by atoms with Gasteiger partial charge in [0, 0.05) is 6.61 Å². The highest BCUT2D eigenvalue weighted by Crippen LogP contribution is 2.67. The standard InChI is InChI=1S/C30H53O2Si/c1-20(2)33(21(3)4)32-18-8-9-22(5)26-12-13-27-25-11-10-23-19-24(31)14-16-29(23,6)28(25)15-17-30(26,27)7/h10,20-22,24-28,31H,8-9,11-19H2,1-7H3/t22-,24+,25+,26-,27+,28+,29+,30-/m1/s1. The molecule has 1 N–H and O–H groups in total. The first-order chi connectivity index (χ1) is 15.6. The fourth-order valence-corrected chi connectivity index (χ4v) is 11.8. The Hall–Kier alpha value is -0.123. The maximum Gasteiger partial charge on any atom is 0.216 e. The van der Waals surface area contributed by atoms with Crippen molar-refractivity contribution >= 4 is 9.04 Å². The van der Waals surface area contributed by atoms with Crippen molar-refractivity contribution in [2.45, 2.75) is 130 Å². The zero-order chi connectivity index (χ0) is 24.0. The lowest BCUT2D eigenvalue weighted by molar-refractivity contribution is -0.0573. The highest BCUT2D eigenvalue weighted by atomic mass is 28.3. The van der Waals surface area contributed by atoms with Crippen LogP contribution >= 0.6 is 0 Å². The van der Waals surface area contributed by atoms with E-state index in [9.17, 15) is 5.11 Å². The Bertz CT molecular complexity index is 693. The second-order valence-electron chi connectivity index (χ2n) is 13.6. The van der Waals surface area contributed by atoms with Crippen LogP contribution in [0.2, 0.25) is 11.1 Å². The maximum absolute atomic E-state index is 10.3. The van der Waals surface area contributed by atoms with E-state index in [1.807, 2.05) is 0 Å². The monoisotopic (exact) mass is 473 g/mol. The van der Waals surface area contributed by atoms with E-state index < -0.39 is 9.04 Å². The van der Waals surface area contributed by atoms with Crippen LogP contribution in [0.5, 0.6) is 0 Å². The number of hydrogen-bond acceptors (Lipinski definition) is 2. The highest BCUT2D eigenvalue weighted by Gasteiger charge is 2.59. The first kappa shape index (κ1) is 26.0. The molecule has 3 saturated carbocycles. The molecule has 4 aliphatic carbocycles. The van der Waals surface area contributed by atoms with Gasteiger partial charge in [0.1, 0.15) is 0 Å². The molecule has 0 bridgehead atoms. The fourth-order valence-electron chi connectivity index (χ4n) is 9.41. The first-order valence-electron chi connectivity index (χ1n) is 14.4. The van der Waals surface area contributed by atoms with Gasteiger partial charge in [0.15, 0.2) is 0 Å². The normalized spacial score (nSPS) is 41.7. The van der Waals surface area contributed by atoms with E-state index in [-0.39, 0.29) is 6.10 Å². The summed E-state index contributed by atoms with van der Waals surface area (Å²) >= 11 is 0. The Kier molecular flexibility index (Phi) is 7.94. The summed E-state index contributed by atoms with van der Waals surface area (Å²) in [5, 5.41) is 10.3. The van der Waals surface area contributed by atoms with Crippen LogP contribution < -0.4 is 0 Å². The molecule has 0 saturated heterocycles. The molecule has 0 spiro atoms. The molecule has 0 aromatic heterocycles. The molecule has 0 unspecified atom stereocenters. The van der Waals surface area contributed by atoms with Crippen molar-refractivity contribution in [3.05, 3.63) is 11.6 Å². The molecule has 4 aliphatic rings. The molecular formula is C30H53O2Si. The van der Waals surface area contributed by atoms with Gasteiger partial charge in [-0.2, -0.15) is 0 Å². The number of aliphatic hydroxyl groups excluding tert-OH is 1. The predicted molar refractivity (Wildman–Crippen MR) is 141 cm³/mol. The lowest BCUT2D eigenvalue weighted by atomic mass is 9.47. The van der Waals surface area contributed by atoms with Gasteiger partial charge in [0.2, 0.25) is 9.04 Å². The minimum Gasteiger partial charge on any atom is -0.416 e. The third-order valence-corrected chi connectivity index (χ3v) is 13.9. The van der Waals surface area contributed by atoms with Gasteiger partial charge in [-0.25, -0.2) is 0 Å². The summed E-state index contributed by atoms with van der Waals surface area (Å²) in [7, 11) is -0.679. The Labute approximate surface area is 207 Å². The van der Waals surface area contributed by atoms with Gasteiger partial charge in [-0.3, -0.25) is 0 Å². The van der Waals surface area contributed by atoms with Gasteiger partial charge in [-0.1, -0.05) is 60.1 Å². The number of allylic oxidation sites excluding steroid dienone is 1. The fraction of sp³-hybridized carbons (Fsp3) is 0.933. The first-order valence-corrected chi connectivity index (χ1v) is 16.0. The molecule has 3 heteroatoms. The molecule has 8 atom stereocenters. The van der Waals surface area contributed by atoms with E-state index in [0.717, 1.165) is 49.0 Å². The molecule has 0 aromatic carbocycles. The Morgan fingerprint density at radius 1 is 1.00 bits per heavy atom. The molecule has 0 aliphatic heterocycles. The number of aliphatic hydroxyl groups is 1. The lowest BCUT2D eigenvalue weighted by Crippen LogP contribution is -2.50. The van der Waals surface area contributed by atoms with Crippen LogP contribution in [0.3, 0.4) is 0 Å². The average molecular weight is 474 g/mol. The van der Waals surface area contributed by atoms with E-state index >= 15 is 0 Å². The second kappa shape index (κ2) is 10.1. The molecule has 0 heterocycles. The molecule has 189 valence electrons. The summed E-state index contributed by atoms with van der Waals surface area (Å²) in [4.78, 5) is 0. The zero-order valence-corrected chi connectivity index (χ0v) is 23.8. The average Bonchev–Trinajstić information content (AvgIpc) is 3.10. The molecule has 4 rings (SSSR count). The van der Waals surface area contributed by atoms with E-state index in [2.05, 4.69) is 54.5 Å². The molecular weight excluding hydrogens is 420 g/mol. The molecule has 0 aromatic rings. The smallest absolute Gasteiger partial charge is 0.216 e. The third-order valence-electron chi connectivity index (χ3n) is 11.0. The summed E-state index contributed by atoms with van der Waals surface area (Å²) in [6.07, 6.45) is 15.3. The van der Waals surface area contributed by atoms with Gasteiger partial charge in [0.25, 0.3) is 0 Å². The van der Waals surface area contributed by atoms with Crippen molar-refractivity contribution in [1.82, 2.24) is 0 Å². The molecule has 33 heavy (non-hydrogen) atoms. The zero-order valence-electron chi connectivity index (χ0n) is 22.8. The number of hydrogen-bond donors (Lipinski definition) is 1. The minimum absolute atomic E-state index is 0.0891. The SMILES string of the molecule is CC(C)[Si](OCCC[C@@H](C)[C@H]1CC[C@H]2[C@@H]3CC=C4C[C@@H](O)CC[C@]4(C)[C@H]3CC[C@]12C)C(C)C. The Morgan fingerprint density at radius 3 is 2.42 bits per heavy atom. The van der Waals surface area contributed by atoms with Crippen LogP contribution in [-0.4, -0.2) is 26.9 Å². The van der Waals surface area contributed by atoms with Gasteiger partial charge in [-0.15, -0.1) is 0 Å². The predicted octanol–water partition coefficient (Wildman–Crippen LogP) is 8.17. The topological polar surface area (TPSA) is 29.5 Å². The van der Waals surface area contributed by atoms with Gasteiger partial charge >= 0.3 is 0 Å². The van der Waals surface area contributed by atoms with Crippen molar-refractivity contribution < 1.29 is 9.53 Å². The third kappa shape index (κ3) is 4.81. The van der Waals surface area contributed by atoms with Gasteiger partial charge in [-0.05, 0) is 116 Å². The number of rotatable bonds is 8. The van der Waals surface area contributed by atoms with Crippen molar-refractivity contribution in [2.24, 2.45) is 40.4 Å². The summed E-state index contributed by atoms with van der Waals surface area (Å²) < 4.78 is 6.43. The number of fused-ring (bicyclic) bond motifs is 5. The molecule has 0 amide bonds. The van der Waals surface area contributed by atoms with Crippen LogP contribution in [0, 0.1) is 40.4 Å². The minimum atomic E-state index is -0.679. The summed E-state index contributed by atoms with van der Waals surface area (Å²) in [6.45, 7) is 18.1. The molecule has 2 nitrogen and oxygen atoms in total. The molecule has 3 fully saturated rings. The van der Waals surface area contributed by atoms with E-state index in [1.54, 1.807) is 5.57 Å². The van der Waals surface area contributed by atoms with E-state index in [0.29, 0.717) is 21.9 Å². The van der Waals surface area contributed by atoms with Crippen LogP contribution in [0.1, 0.15) is 113 Å². The summed E-state index contributed by atoms with van der Waals surface area (Å²) in [5.41, 5.74) is 3.93. The van der Waals surface area contributed by atoms with Gasteiger partial charge in [0.05, 0.1) is 6.10 Å². The quantitative estimate of drug-likeness (QED) is 0.219. The van der Waals surface area contributed by atoms with Gasteiger partial charge < -0.3 is 9.53 Å². The van der Waals surface area contributed by atoms with Crippen LogP contribution in [-0.2, 0) is 4.43 Å². The van der Waals surface area contributed by atoms with Crippen LogP contribution in [0.25, 0.3) is 0 Å². The van der Waals surface area contributed by atoms with Crippen molar-refractivity contribution in [3.63, 3.8) is 0 Å². The van der Waals surface area contributed by atoms with E-state index in [4.69, 9.17) is 4.43 Å². The van der Waals surface area contributed by atoms with Crippen molar-refractivity contribution in [1.29, 1.82) is 0 Å². The summed E-state index contributed by atoms with van der Waals surface area (Å²) in [6, 6.07) is 0. The van der Waals surface area contributed by atoms with Crippen LogP contribution in [0.15, 0.2) is 11.6 Å². The summed E-state index contributed by atoms with van der Waals surface area (Å²) in [5.74, 6) is 4.38. The lowest BCUT2D eigenvalue weighted by Gasteiger charge is -2.58. The van der Waals surface area contributed by atoms with E-state index in [1.165, 1.54) is 51.4 Å². The maximum atomic E-state index is 10.3. The Morgan fingerprint density at radius 2 is 1.73 bits per heavy atom. The van der Waals surface area contributed by atoms with Crippen molar-refractivity contribution in [3.8, 4) is 0 Å². The molecule has 1 radical (unpaired) electrons. The van der Waals surface area contributed by atoms with Crippen molar-refractivity contribution in [2.75, 3.05) is 6.61 Å². The largest absolute Gasteiger partial charge is 0.416 e.